The number of ether oxygens (including phenoxy) is 2. The van der Waals surface area contributed by atoms with Crippen molar-refractivity contribution in [3.8, 4) is 17.2 Å². The summed E-state index contributed by atoms with van der Waals surface area (Å²) in [5.41, 5.74) is 1.82. The molecule has 0 radical (unpaired) electrons. The highest BCUT2D eigenvalue weighted by atomic mass is 32.1. The van der Waals surface area contributed by atoms with Crippen molar-refractivity contribution in [2.75, 3.05) is 26.3 Å². The summed E-state index contributed by atoms with van der Waals surface area (Å²) in [5.74, 6) is 0.346. The summed E-state index contributed by atoms with van der Waals surface area (Å²) in [7, 11) is -3.86. The summed E-state index contributed by atoms with van der Waals surface area (Å²) in [6.45, 7) is 15.5. The number of amides is 1. The molecule has 3 aromatic carbocycles. The van der Waals surface area contributed by atoms with E-state index < -0.39 is 19.2 Å². The van der Waals surface area contributed by atoms with Crippen molar-refractivity contribution in [3.05, 3.63) is 87.5 Å². The summed E-state index contributed by atoms with van der Waals surface area (Å²) >= 11 is 1.19. The standard InChI is InChI=1S/C36H43FNO8PS/c1-9-38(35(40)45-36(6,7)8)19-18-25-12-14-27(15-13-25)44-33-29-17-16-28(46-47(41,42-10-2)43-11-3)22-30(29)48-34(33)32(39)31-23(4)20-26(37)21-24(31)5/h12-17,20-22H,9-11,18-19H2,1-8H3. The number of phosphoric ester groups is 1. The molecule has 1 aromatic heterocycles. The third-order valence-corrected chi connectivity index (χ3v) is 9.90. The van der Waals surface area contributed by atoms with Gasteiger partial charge in [0.15, 0.2) is 5.75 Å². The normalized spacial score (nSPS) is 11.9. The second-order valence-corrected chi connectivity index (χ2v) is 14.7. The van der Waals surface area contributed by atoms with E-state index >= 15 is 0 Å². The lowest BCUT2D eigenvalue weighted by Crippen LogP contribution is -2.37. The van der Waals surface area contributed by atoms with Gasteiger partial charge >= 0.3 is 13.9 Å². The number of nitrogens with zero attached hydrogens (tertiary/aromatic N) is 1. The Labute approximate surface area is 285 Å². The van der Waals surface area contributed by atoms with Gasteiger partial charge in [0.2, 0.25) is 5.78 Å². The number of likely N-dealkylation sites (N-methyl/N-ethyl adjacent to an activating group) is 1. The van der Waals surface area contributed by atoms with Crippen LogP contribution in [0, 0.1) is 19.7 Å². The molecule has 0 saturated carbocycles. The zero-order valence-electron chi connectivity index (χ0n) is 28.7. The van der Waals surface area contributed by atoms with Crippen LogP contribution in [0.3, 0.4) is 0 Å². The summed E-state index contributed by atoms with van der Waals surface area (Å²) in [5, 5.41) is 0.635. The van der Waals surface area contributed by atoms with Gasteiger partial charge in [0.25, 0.3) is 0 Å². The number of fused-ring (bicyclic) bond motifs is 1. The highest BCUT2D eigenvalue weighted by Gasteiger charge is 2.29. The number of hydrogen-bond acceptors (Lipinski definition) is 9. The van der Waals surface area contributed by atoms with Crippen LogP contribution in [0.1, 0.15) is 73.5 Å². The first-order valence-corrected chi connectivity index (χ1v) is 18.2. The van der Waals surface area contributed by atoms with E-state index in [0.29, 0.717) is 62.7 Å². The van der Waals surface area contributed by atoms with E-state index in [1.54, 1.807) is 50.8 Å². The number of benzene rings is 3. The van der Waals surface area contributed by atoms with Gasteiger partial charge in [-0.1, -0.05) is 12.1 Å². The first-order valence-electron chi connectivity index (χ1n) is 15.9. The first-order chi connectivity index (χ1) is 22.7. The molecule has 1 amide bonds. The molecule has 0 aliphatic rings. The molecule has 0 spiro atoms. The quantitative estimate of drug-likeness (QED) is 0.0947. The summed E-state index contributed by atoms with van der Waals surface area (Å²) in [4.78, 5) is 28.6. The molecule has 258 valence electrons. The minimum atomic E-state index is -3.86. The molecule has 0 N–H and O–H groups in total. The van der Waals surface area contributed by atoms with Crippen molar-refractivity contribution < 1.29 is 41.6 Å². The zero-order valence-corrected chi connectivity index (χ0v) is 30.4. The van der Waals surface area contributed by atoms with Gasteiger partial charge in [-0.25, -0.2) is 13.8 Å². The molecule has 48 heavy (non-hydrogen) atoms. The van der Waals surface area contributed by atoms with Crippen LogP contribution in [0.5, 0.6) is 17.2 Å². The largest absolute Gasteiger partial charge is 0.530 e. The van der Waals surface area contributed by atoms with E-state index in [1.165, 1.54) is 23.5 Å². The molecule has 0 bridgehead atoms. The van der Waals surface area contributed by atoms with Crippen LogP contribution >= 0.6 is 19.2 Å². The van der Waals surface area contributed by atoms with Gasteiger partial charge < -0.3 is 18.9 Å². The number of phosphoric acid groups is 1. The summed E-state index contributed by atoms with van der Waals surface area (Å²) in [6.07, 6.45) is 0.253. The average molecular weight is 700 g/mol. The number of halogens is 1. The molecule has 4 aromatic rings. The van der Waals surface area contributed by atoms with Crippen LogP contribution in [-0.2, 0) is 24.8 Å². The van der Waals surface area contributed by atoms with Crippen LogP contribution in [0.25, 0.3) is 10.1 Å². The molecule has 12 heteroatoms. The second kappa shape index (κ2) is 15.6. The number of thiophene rings is 1. The van der Waals surface area contributed by atoms with Crippen molar-refractivity contribution in [2.45, 2.75) is 67.4 Å². The van der Waals surface area contributed by atoms with Gasteiger partial charge in [0.1, 0.15) is 27.8 Å². The molecular formula is C36H43FNO8PS. The number of ketones is 1. The van der Waals surface area contributed by atoms with Gasteiger partial charge in [-0.2, -0.15) is 0 Å². The van der Waals surface area contributed by atoms with Crippen molar-refractivity contribution in [3.63, 3.8) is 0 Å². The maximum atomic E-state index is 14.1. The monoisotopic (exact) mass is 699 g/mol. The predicted molar refractivity (Wildman–Crippen MR) is 186 cm³/mol. The lowest BCUT2D eigenvalue weighted by atomic mass is 9.97. The Morgan fingerprint density at radius 3 is 2.06 bits per heavy atom. The van der Waals surface area contributed by atoms with E-state index in [2.05, 4.69) is 0 Å². The Morgan fingerprint density at radius 2 is 1.50 bits per heavy atom. The fraction of sp³-hybridized carbons (Fsp3) is 0.389. The fourth-order valence-electron chi connectivity index (χ4n) is 5.09. The lowest BCUT2D eigenvalue weighted by Gasteiger charge is -2.26. The number of rotatable bonds is 14. The third-order valence-electron chi connectivity index (χ3n) is 7.19. The maximum Gasteiger partial charge on any atom is 0.530 e. The molecule has 0 aliphatic carbocycles. The van der Waals surface area contributed by atoms with E-state index in [1.807, 2.05) is 52.0 Å². The summed E-state index contributed by atoms with van der Waals surface area (Å²) < 4.78 is 56.0. The average Bonchev–Trinajstić information content (AvgIpc) is 3.34. The number of hydrogen-bond donors (Lipinski definition) is 0. The Bertz CT molecular complexity index is 1780. The Balaban J connectivity index is 1.66. The van der Waals surface area contributed by atoms with Crippen LogP contribution in [0.15, 0.2) is 54.6 Å². The van der Waals surface area contributed by atoms with Crippen LogP contribution in [0.2, 0.25) is 0 Å². The third kappa shape index (κ3) is 9.23. The molecule has 0 fully saturated rings. The SMILES string of the molecule is CCOP(=O)(OCC)Oc1ccc2c(Oc3ccc(CCN(CC)C(=O)OC(C)(C)C)cc3)c(C(=O)c3c(C)cc(F)cc3C)sc2c1. The fourth-order valence-corrected chi connectivity index (χ4v) is 7.38. The van der Waals surface area contributed by atoms with Crippen LogP contribution in [-0.4, -0.2) is 48.7 Å². The van der Waals surface area contributed by atoms with Crippen LogP contribution < -0.4 is 9.26 Å². The van der Waals surface area contributed by atoms with Crippen molar-refractivity contribution in [2.24, 2.45) is 0 Å². The smallest absolute Gasteiger partial charge is 0.455 e. The maximum absolute atomic E-state index is 14.1. The molecule has 0 aliphatic heterocycles. The van der Waals surface area contributed by atoms with Crippen molar-refractivity contribution in [1.82, 2.24) is 4.90 Å². The molecule has 1 heterocycles. The van der Waals surface area contributed by atoms with Gasteiger partial charge in [-0.3, -0.25) is 13.8 Å². The molecule has 0 unspecified atom stereocenters. The topological polar surface area (TPSA) is 101 Å². The first kappa shape index (κ1) is 37.1. The number of carbonyl (C=O) groups excluding carboxylic acids is 2. The van der Waals surface area contributed by atoms with E-state index in [-0.39, 0.29) is 30.8 Å². The molecular weight excluding hydrogens is 656 g/mol. The Morgan fingerprint density at radius 1 is 0.896 bits per heavy atom. The Hall–Kier alpha value is -3.76. The number of aryl methyl sites for hydroxylation is 2. The van der Waals surface area contributed by atoms with Crippen molar-refractivity contribution >= 4 is 41.1 Å². The van der Waals surface area contributed by atoms with E-state index in [0.717, 1.165) is 5.56 Å². The van der Waals surface area contributed by atoms with Gasteiger partial charge in [0, 0.05) is 28.7 Å². The summed E-state index contributed by atoms with van der Waals surface area (Å²) in [6, 6.07) is 15.1. The highest BCUT2D eigenvalue weighted by Crippen LogP contribution is 2.51. The van der Waals surface area contributed by atoms with Crippen molar-refractivity contribution in [1.29, 1.82) is 0 Å². The number of carbonyl (C=O) groups is 2. The minimum absolute atomic E-state index is 0.130. The predicted octanol–water partition coefficient (Wildman–Crippen LogP) is 10.0. The van der Waals surface area contributed by atoms with Gasteiger partial charge in [0.05, 0.1) is 13.2 Å². The lowest BCUT2D eigenvalue weighted by molar-refractivity contribution is 0.0262. The zero-order chi connectivity index (χ0) is 35.2. The molecule has 0 atom stereocenters. The van der Waals surface area contributed by atoms with Gasteiger partial charge in [-0.15, -0.1) is 11.3 Å². The van der Waals surface area contributed by atoms with E-state index in [9.17, 15) is 18.5 Å². The Kier molecular flexibility index (Phi) is 12.1. The molecule has 4 rings (SSSR count). The van der Waals surface area contributed by atoms with E-state index in [4.69, 9.17) is 23.0 Å². The molecule has 0 saturated heterocycles. The minimum Gasteiger partial charge on any atom is -0.455 e. The highest BCUT2D eigenvalue weighted by molar-refractivity contribution is 7.48. The van der Waals surface area contributed by atoms with Crippen LogP contribution in [0.4, 0.5) is 9.18 Å². The van der Waals surface area contributed by atoms with Gasteiger partial charge in [-0.05, 0) is 121 Å². The molecule has 9 nitrogen and oxygen atoms in total. The second-order valence-electron chi connectivity index (χ2n) is 12.1.